The van der Waals surface area contributed by atoms with Gasteiger partial charge < -0.3 is 15.7 Å². The van der Waals surface area contributed by atoms with Gasteiger partial charge in [0.1, 0.15) is 0 Å². The number of carbonyl (C=O) groups is 1. The molecular formula is C10H20N2O2. The molecule has 3 N–H and O–H groups in total. The van der Waals surface area contributed by atoms with Crippen LogP contribution in [0.25, 0.3) is 0 Å². The van der Waals surface area contributed by atoms with E-state index in [2.05, 4.69) is 0 Å². The summed E-state index contributed by atoms with van der Waals surface area (Å²) in [5.74, 6) is 0.0402. The summed E-state index contributed by atoms with van der Waals surface area (Å²) in [5.41, 5.74) is 5.32. The molecule has 0 saturated heterocycles. The third-order valence-electron chi connectivity index (χ3n) is 2.94. The van der Waals surface area contributed by atoms with Crippen molar-refractivity contribution in [2.75, 3.05) is 13.6 Å². The topological polar surface area (TPSA) is 66.6 Å². The molecule has 0 spiro atoms. The second-order valence-corrected chi connectivity index (χ2v) is 3.96. The molecule has 0 heterocycles. The van der Waals surface area contributed by atoms with E-state index in [-0.39, 0.29) is 18.1 Å². The minimum absolute atomic E-state index is 0.00259. The van der Waals surface area contributed by atoms with Crippen molar-refractivity contribution in [3.05, 3.63) is 0 Å². The molecule has 0 aromatic carbocycles. The Labute approximate surface area is 85.1 Å². The van der Waals surface area contributed by atoms with Crippen LogP contribution in [0.15, 0.2) is 0 Å². The Morgan fingerprint density at radius 1 is 1.50 bits per heavy atom. The molecule has 1 amide bonds. The van der Waals surface area contributed by atoms with Gasteiger partial charge in [0.15, 0.2) is 0 Å². The van der Waals surface area contributed by atoms with Crippen molar-refractivity contribution >= 4 is 5.91 Å². The van der Waals surface area contributed by atoms with Gasteiger partial charge in [-0.1, -0.05) is 12.8 Å². The number of aliphatic hydroxyl groups is 1. The highest BCUT2D eigenvalue weighted by Gasteiger charge is 2.28. The molecule has 1 fully saturated rings. The fraction of sp³-hybridized carbons (Fsp3) is 0.900. The first-order chi connectivity index (χ1) is 6.66. The highest BCUT2D eigenvalue weighted by Crippen LogP contribution is 2.22. The third-order valence-corrected chi connectivity index (χ3v) is 2.94. The molecule has 0 radical (unpaired) electrons. The highest BCUT2D eigenvalue weighted by molar-refractivity contribution is 5.76. The third kappa shape index (κ3) is 2.69. The van der Waals surface area contributed by atoms with Crippen molar-refractivity contribution in [1.29, 1.82) is 0 Å². The van der Waals surface area contributed by atoms with E-state index in [0.717, 1.165) is 25.7 Å². The maximum atomic E-state index is 11.5. The molecule has 0 aromatic heterocycles. The summed E-state index contributed by atoms with van der Waals surface area (Å²) in [6, 6.07) is 0.00259. The van der Waals surface area contributed by atoms with E-state index in [9.17, 15) is 9.90 Å². The zero-order chi connectivity index (χ0) is 10.6. The van der Waals surface area contributed by atoms with E-state index in [0.29, 0.717) is 13.0 Å². The van der Waals surface area contributed by atoms with Gasteiger partial charge in [0.2, 0.25) is 5.91 Å². The first-order valence-electron chi connectivity index (χ1n) is 5.30. The number of aliphatic hydroxyl groups excluding tert-OH is 1. The van der Waals surface area contributed by atoms with Crippen LogP contribution in [-0.4, -0.2) is 41.7 Å². The minimum atomic E-state index is -0.351. The lowest BCUT2D eigenvalue weighted by Crippen LogP contribution is -2.46. The van der Waals surface area contributed by atoms with Crippen LogP contribution in [0.5, 0.6) is 0 Å². The Bertz CT molecular complexity index is 197. The van der Waals surface area contributed by atoms with Gasteiger partial charge in [-0.2, -0.15) is 0 Å². The lowest BCUT2D eigenvalue weighted by molar-refractivity contribution is -0.135. The van der Waals surface area contributed by atoms with Crippen LogP contribution < -0.4 is 5.73 Å². The van der Waals surface area contributed by atoms with Crippen LogP contribution in [-0.2, 0) is 4.79 Å². The van der Waals surface area contributed by atoms with E-state index in [1.54, 1.807) is 11.9 Å². The Hall–Kier alpha value is -0.610. The molecule has 14 heavy (non-hydrogen) atoms. The average Bonchev–Trinajstić information content (AvgIpc) is 2.18. The van der Waals surface area contributed by atoms with Crippen molar-refractivity contribution in [2.24, 2.45) is 5.73 Å². The first kappa shape index (κ1) is 11.5. The van der Waals surface area contributed by atoms with Gasteiger partial charge in [0, 0.05) is 20.0 Å². The second kappa shape index (κ2) is 5.32. The van der Waals surface area contributed by atoms with E-state index < -0.39 is 0 Å². The van der Waals surface area contributed by atoms with Crippen LogP contribution in [0.2, 0.25) is 0 Å². The van der Waals surface area contributed by atoms with Gasteiger partial charge >= 0.3 is 0 Å². The van der Waals surface area contributed by atoms with Crippen LogP contribution in [0.3, 0.4) is 0 Å². The molecule has 0 aromatic rings. The molecule has 1 aliphatic rings. The maximum absolute atomic E-state index is 11.5. The largest absolute Gasteiger partial charge is 0.391 e. The molecular weight excluding hydrogens is 180 g/mol. The number of hydrogen-bond donors (Lipinski definition) is 2. The van der Waals surface area contributed by atoms with Crippen LogP contribution >= 0.6 is 0 Å². The molecule has 0 bridgehead atoms. The fourth-order valence-corrected chi connectivity index (χ4v) is 2.03. The van der Waals surface area contributed by atoms with E-state index in [1.165, 1.54) is 0 Å². The zero-order valence-electron chi connectivity index (χ0n) is 8.78. The number of likely N-dealkylation sites (N-methyl/N-ethyl adjacent to an activating group) is 1. The van der Waals surface area contributed by atoms with Crippen molar-refractivity contribution in [1.82, 2.24) is 4.90 Å². The summed E-state index contributed by atoms with van der Waals surface area (Å²) in [7, 11) is 1.76. The maximum Gasteiger partial charge on any atom is 0.223 e. The second-order valence-electron chi connectivity index (χ2n) is 3.96. The van der Waals surface area contributed by atoms with Gasteiger partial charge in [0.05, 0.1) is 12.1 Å². The van der Waals surface area contributed by atoms with Crippen LogP contribution in [0, 0.1) is 0 Å². The number of carbonyl (C=O) groups excluding carboxylic acids is 1. The molecule has 82 valence electrons. The van der Waals surface area contributed by atoms with Crippen LogP contribution in [0.1, 0.15) is 32.1 Å². The van der Waals surface area contributed by atoms with Crippen molar-refractivity contribution in [2.45, 2.75) is 44.2 Å². The van der Waals surface area contributed by atoms with E-state index in [4.69, 9.17) is 5.73 Å². The van der Waals surface area contributed by atoms with Crippen molar-refractivity contribution < 1.29 is 9.90 Å². The Kier molecular flexibility index (Phi) is 4.35. The van der Waals surface area contributed by atoms with Crippen molar-refractivity contribution in [3.8, 4) is 0 Å². The Morgan fingerprint density at radius 2 is 2.14 bits per heavy atom. The summed E-state index contributed by atoms with van der Waals surface area (Å²) in [4.78, 5) is 13.2. The van der Waals surface area contributed by atoms with Gasteiger partial charge in [-0.05, 0) is 12.8 Å². The standard InChI is InChI=1S/C10H20N2O2/c1-12(10(14)6-7-11)8-4-2-3-5-9(8)13/h8-9,13H,2-7,11H2,1H3. The molecule has 0 aliphatic heterocycles. The smallest absolute Gasteiger partial charge is 0.223 e. The van der Waals surface area contributed by atoms with Gasteiger partial charge in [-0.15, -0.1) is 0 Å². The van der Waals surface area contributed by atoms with Crippen LogP contribution in [0.4, 0.5) is 0 Å². The monoisotopic (exact) mass is 200 g/mol. The zero-order valence-corrected chi connectivity index (χ0v) is 8.78. The Morgan fingerprint density at radius 3 is 2.71 bits per heavy atom. The lowest BCUT2D eigenvalue weighted by Gasteiger charge is -2.35. The fourth-order valence-electron chi connectivity index (χ4n) is 2.03. The quantitative estimate of drug-likeness (QED) is 0.679. The van der Waals surface area contributed by atoms with E-state index >= 15 is 0 Å². The highest BCUT2D eigenvalue weighted by atomic mass is 16.3. The minimum Gasteiger partial charge on any atom is -0.391 e. The first-order valence-corrected chi connectivity index (χ1v) is 5.30. The summed E-state index contributed by atoms with van der Waals surface area (Å²) >= 11 is 0. The number of hydrogen-bond acceptors (Lipinski definition) is 3. The summed E-state index contributed by atoms with van der Waals surface area (Å²) in [5, 5.41) is 9.73. The van der Waals surface area contributed by atoms with Gasteiger partial charge in [-0.25, -0.2) is 0 Å². The number of rotatable bonds is 3. The predicted octanol–water partition coefficient (Wildman–Crippen LogP) is 0.0971. The predicted molar refractivity (Wildman–Crippen MR) is 54.7 cm³/mol. The van der Waals surface area contributed by atoms with Gasteiger partial charge in [0.25, 0.3) is 0 Å². The molecule has 2 unspecified atom stereocenters. The lowest BCUT2D eigenvalue weighted by atomic mass is 9.91. The molecule has 1 aliphatic carbocycles. The molecule has 1 rings (SSSR count). The SMILES string of the molecule is CN(C(=O)CCN)C1CCCCC1O. The summed E-state index contributed by atoms with van der Waals surface area (Å²) < 4.78 is 0. The molecule has 4 heteroatoms. The number of nitrogens with zero attached hydrogens (tertiary/aromatic N) is 1. The van der Waals surface area contributed by atoms with E-state index in [1.807, 2.05) is 0 Å². The molecule has 4 nitrogen and oxygen atoms in total. The normalized spacial score (nSPS) is 27.4. The summed E-state index contributed by atoms with van der Waals surface area (Å²) in [6.45, 7) is 0.381. The average molecular weight is 200 g/mol. The molecule has 1 saturated carbocycles. The number of nitrogens with two attached hydrogens (primary N) is 1. The van der Waals surface area contributed by atoms with Crippen molar-refractivity contribution in [3.63, 3.8) is 0 Å². The van der Waals surface area contributed by atoms with Gasteiger partial charge in [-0.3, -0.25) is 4.79 Å². The molecule has 2 atom stereocenters. The Balaban J connectivity index is 2.48. The number of amides is 1. The summed E-state index contributed by atoms with van der Waals surface area (Å²) in [6.07, 6.45) is 3.91.